The molecule has 0 aliphatic carbocycles. The smallest absolute Gasteiger partial charge is 0.439 e. The number of benzene rings is 2. The Balaban J connectivity index is 1.49. The molecule has 6 rings (SSSR count). The lowest BCUT2D eigenvalue weighted by molar-refractivity contribution is 0.305. The SMILES string of the molecule is CC(=C1c2ccc(Cc3c(C#N)nc4cc(F)ccn34)cc2COc2cc(F)ccc21)c1noc(=O)[nH]1. The molecule has 0 radical (unpaired) electrons. The number of ether oxygens (including phenoxy) is 1. The van der Waals surface area contributed by atoms with E-state index in [0.29, 0.717) is 40.2 Å². The van der Waals surface area contributed by atoms with Gasteiger partial charge in [-0.3, -0.25) is 9.51 Å². The van der Waals surface area contributed by atoms with Crippen molar-refractivity contribution in [2.45, 2.75) is 20.0 Å². The summed E-state index contributed by atoms with van der Waals surface area (Å²) >= 11 is 0. The first-order valence-corrected chi connectivity index (χ1v) is 11.3. The van der Waals surface area contributed by atoms with Crippen molar-refractivity contribution in [3.05, 3.63) is 116 Å². The molecule has 3 aromatic heterocycles. The lowest BCUT2D eigenvalue weighted by Crippen LogP contribution is -2.02. The van der Waals surface area contributed by atoms with Crippen molar-refractivity contribution < 1.29 is 18.0 Å². The fraction of sp³-hybridized carbons (Fsp3) is 0.111. The Kier molecular flexibility index (Phi) is 5.19. The van der Waals surface area contributed by atoms with Crippen molar-refractivity contribution in [1.82, 2.24) is 19.5 Å². The highest BCUT2D eigenvalue weighted by Gasteiger charge is 2.24. The monoisotopic (exact) mass is 497 g/mol. The summed E-state index contributed by atoms with van der Waals surface area (Å²) in [5.41, 5.74) is 5.66. The van der Waals surface area contributed by atoms with Crippen LogP contribution in [0, 0.1) is 23.0 Å². The molecule has 8 nitrogen and oxygen atoms in total. The fourth-order valence-electron chi connectivity index (χ4n) is 4.68. The van der Waals surface area contributed by atoms with Gasteiger partial charge < -0.3 is 9.14 Å². The number of aromatic amines is 1. The zero-order chi connectivity index (χ0) is 25.7. The average molecular weight is 497 g/mol. The van der Waals surface area contributed by atoms with Gasteiger partial charge in [0.25, 0.3) is 0 Å². The zero-order valence-electron chi connectivity index (χ0n) is 19.4. The minimum Gasteiger partial charge on any atom is -0.488 e. The van der Waals surface area contributed by atoms with Gasteiger partial charge in [-0.25, -0.2) is 18.6 Å². The number of nitrogens with zero attached hydrogens (tertiary/aromatic N) is 4. The molecule has 5 aromatic rings. The second-order valence-electron chi connectivity index (χ2n) is 8.63. The number of aromatic nitrogens is 4. The minimum absolute atomic E-state index is 0.162. The van der Waals surface area contributed by atoms with Gasteiger partial charge in [0.1, 0.15) is 35.7 Å². The van der Waals surface area contributed by atoms with Crippen molar-refractivity contribution in [1.29, 1.82) is 5.26 Å². The molecule has 4 heterocycles. The van der Waals surface area contributed by atoms with Gasteiger partial charge in [-0.2, -0.15) is 5.26 Å². The molecule has 0 unspecified atom stereocenters. The highest BCUT2D eigenvalue weighted by atomic mass is 19.1. The average Bonchev–Trinajstić information content (AvgIpc) is 3.42. The standard InChI is InChI=1S/C27H17F2N5O3/c1-14(26-32-27(35)37-33-26)25-19-4-2-15(8-16(19)13-36-23-10-17(28)3-5-20(23)25)9-22-21(12-30)31-24-11-18(29)6-7-34(22)24/h2-8,10-11H,9,13H2,1H3,(H,32,33,35). The Morgan fingerprint density at radius 2 is 1.95 bits per heavy atom. The Morgan fingerprint density at radius 3 is 2.73 bits per heavy atom. The largest absolute Gasteiger partial charge is 0.488 e. The van der Waals surface area contributed by atoms with Crippen LogP contribution in [-0.2, 0) is 13.0 Å². The predicted molar refractivity (Wildman–Crippen MR) is 129 cm³/mol. The maximum atomic E-state index is 14.1. The van der Waals surface area contributed by atoms with Gasteiger partial charge in [0.15, 0.2) is 11.5 Å². The van der Waals surface area contributed by atoms with Crippen LogP contribution in [0.25, 0.3) is 16.8 Å². The van der Waals surface area contributed by atoms with Crippen LogP contribution < -0.4 is 10.5 Å². The molecular formula is C27H17F2N5O3. The van der Waals surface area contributed by atoms with Crippen LogP contribution in [0.2, 0.25) is 0 Å². The van der Waals surface area contributed by atoms with Crippen LogP contribution in [0.4, 0.5) is 8.78 Å². The number of fused-ring (bicyclic) bond motifs is 3. The van der Waals surface area contributed by atoms with Crippen LogP contribution >= 0.6 is 0 Å². The molecular weight excluding hydrogens is 480 g/mol. The summed E-state index contributed by atoms with van der Waals surface area (Å²) in [6.45, 7) is 1.95. The minimum atomic E-state index is -0.684. The lowest BCUT2D eigenvalue weighted by atomic mass is 9.89. The number of hydrogen-bond donors (Lipinski definition) is 1. The number of rotatable bonds is 3. The Bertz CT molecular complexity index is 1840. The second-order valence-corrected chi connectivity index (χ2v) is 8.63. The first-order chi connectivity index (χ1) is 17.9. The molecule has 182 valence electrons. The molecule has 0 saturated carbocycles. The zero-order valence-corrected chi connectivity index (χ0v) is 19.4. The van der Waals surface area contributed by atoms with Crippen molar-refractivity contribution in [3.63, 3.8) is 0 Å². The number of pyridine rings is 1. The van der Waals surface area contributed by atoms with Gasteiger partial charge in [-0.05, 0) is 47.4 Å². The fourth-order valence-corrected chi connectivity index (χ4v) is 4.68. The summed E-state index contributed by atoms with van der Waals surface area (Å²) < 4.78 is 40.2. The molecule has 37 heavy (non-hydrogen) atoms. The van der Waals surface area contributed by atoms with Crippen molar-refractivity contribution in [2.75, 3.05) is 0 Å². The maximum absolute atomic E-state index is 14.1. The summed E-state index contributed by atoms with van der Waals surface area (Å²) in [6, 6.07) is 14.7. The molecule has 0 saturated heterocycles. The van der Waals surface area contributed by atoms with E-state index in [1.165, 1.54) is 24.3 Å². The first-order valence-electron chi connectivity index (χ1n) is 11.3. The molecule has 1 aliphatic heterocycles. The highest BCUT2D eigenvalue weighted by Crippen LogP contribution is 2.41. The molecule has 0 atom stereocenters. The van der Waals surface area contributed by atoms with Crippen LogP contribution in [-0.4, -0.2) is 19.5 Å². The quantitative estimate of drug-likeness (QED) is 0.390. The van der Waals surface area contributed by atoms with Crippen LogP contribution in [0.3, 0.4) is 0 Å². The van der Waals surface area contributed by atoms with Gasteiger partial charge in [0.05, 0.1) is 5.69 Å². The first kappa shape index (κ1) is 22.4. The number of halogens is 2. The number of nitrogens with one attached hydrogen (secondary N) is 1. The van der Waals surface area contributed by atoms with E-state index in [1.54, 1.807) is 23.6 Å². The Labute approximate surface area is 208 Å². The summed E-state index contributed by atoms with van der Waals surface area (Å²) in [6.07, 6.45) is 1.91. The van der Waals surface area contributed by atoms with E-state index in [2.05, 4.69) is 21.2 Å². The third-order valence-electron chi connectivity index (χ3n) is 6.37. The van der Waals surface area contributed by atoms with Gasteiger partial charge in [-0.15, -0.1) is 0 Å². The summed E-state index contributed by atoms with van der Waals surface area (Å²) in [4.78, 5) is 18.4. The van der Waals surface area contributed by atoms with E-state index in [1.807, 2.05) is 18.2 Å². The van der Waals surface area contributed by atoms with E-state index in [9.17, 15) is 18.8 Å². The molecule has 0 spiro atoms. The number of H-pyrrole nitrogens is 1. The third kappa shape index (κ3) is 3.87. The number of nitriles is 1. The molecule has 2 aromatic carbocycles. The molecule has 0 fully saturated rings. The van der Waals surface area contributed by atoms with Crippen LogP contribution in [0.5, 0.6) is 5.75 Å². The van der Waals surface area contributed by atoms with Gasteiger partial charge >= 0.3 is 5.76 Å². The summed E-state index contributed by atoms with van der Waals surface area (Å²) in [5.74, 6) is -0.950. The van der Waals surface area contributed by atoms with Crippen molar-refractivity contribution in [2.24, 2.45) is 0 Å². The van der Waals surface area contributed by atoms with Gasteiger partial charge in [0, 0.05) is 35.9 Å². The van der Waals surface area contributed by atoms with E-state index in [0.717, 1.165) is 16.7 Å². The number of imidazole rings is 1. The normalized spacial score (nSPS) is 13.9. The van der Waals surface area contributed by atoms with Crippen LogP contribution in [0.1, 0.15) is 46.4 Å². The second kappa shape index (κ2) is 8.57. The van der Waals surface area contributed by atoms with E-state index >= 15 is 0 Å². The lowest BCUT2D eigenvalue weighted by Gasteiger charge is -2.14. The molecule has 10 heteroatoms. The molecule has 1 aliphatic rings. The predicted octanol–water partition coefficient (Wildman–Crippen LogP) is 4.62. The molecule has 0 bridgehead atoms. The molecule has 1 N–H and O–H groups in total. The van der Waals surface area contributed by atoms with E-state index < -0.39 is 17.4 Å². The Hall–Kier alpha value is -5.04. The van der Waals surface area contributed by atoms with Gasteiger partial charge in [-0.1, -0.05) is 23.4 Å². The number of hydrogen-bond acceptors (Lipinski definition) is 6. The summed E-state index contributed by atoms with van der Waals surface area (Å²) in [5, 5.41) is 13.4. The Morgan fingerprint density at radius 1 is 1.14 bits per heavy atom. The maximum Gasteiger partial charge on any atom is 0.439 e. The van der Waals surface area contributed by atoms with E-state index in [4.69, 9.17) is 9.26 Å². The summed E-state index contributed by atoms with van der Waals surface area (Å²) in [7, 11) is 0. The van der Waals surface area contributed by atoms with Gasteiger partial charge in [0.2, 0.25) is 0 Å². The topological polar surface area (TPSA) is 109 Å². The van der Waals surface area contributed by atoms with Crippen LogP contribution in [0.15, 0.2) is 64.0 Å². The highest BCUT2D eigenvalue weighted by molar-refractivity contribution is 5.99. The molecule has 0 amide bonds. The number of allylic oxidation sites excluding steroid dienone is 1. The van der Waals surface area contributed by atoms with Crippen molar-refractivity contribution in [3.8, 4) is 11.8 Å². The van der Waals surface area contributed by atoms with Crippen molar-refractivity contribution >= 4 is 16.8 Å². The van der Waals surface area contributed by atoms with E-state index in [-0.39, 0.29) is 18.1 Å². The third-order valence-corrected chi connectivity index (χ3v) is 6.37.